The number of fused-ring (bicyclic) bond motifs is 1. The van der Waals surface area contributed by atoms with Crippen molar-refractivity contribution in [2.24, 2.45) is 5.92 Å². The van der Waals surface area contributed by atoms with Crippen molar-refractivity contribution in [3.8, 4) is 11.6 Å². The van der Waals surface area contributed by atoms with Crippen molar-refractivity contribution < 1.29 is 9.21 Å². The Morgan fingerprint density at radius 2 is 2.20 bits per heavy atom. The van der Waals surface area contributed by atoms with Crippen molar-refractivity contribution in [1.29, 1.82) is 0 Å². The summed E-state index contributed by atoms with van der Waals surface area (Å²) < 4.78 is 7.85. The van der Waals surface area contributed by atoms with E-state index in [4.69, 9.17) is 16.0 Å². The van der Waals surface area contributed by atoms with Crippen molar-refractivity contribution in [2.45, 2.75) is 50.4 Å². The maximum absolute atomic E-state index is 12.5. The smallest absolute Gasteiger partial charge is 0.230 e. The highest BCUT2D eigenvalue weighted by Gasteiger charge is 2.23. The highest BCUT2D eigenvalue weighted by molar-refractivity contribution is 7.99. The molecule has 8 heteroatoms. The summed E-state index contributed by atoms with van der Waals surface area (Å²) in [6, 6.07) is 7.65. The second kappa shape index (κ2) is 9.27. The number of aromatic nitrogens is 3. The van der Waals surface area contributed by atoms with E-state index in [1.807, 2.05) is 22.8 Å². The van der Waals surface area contributed by atoms with Gasteiger partial charge in [-0.25, -0.2) is 0 Å². The third kappa shape index (κ3) is 4.57. The van der Waals surface area contributed by atoms with Gasteiger partial charge in [0.25, 0.3) is 0 Å². The first-order chi connectivity index (χ1) is 14.5. The van der Waals surface area contributed by atoms with Gasteiger partial charge in [0.15, 0.2) is 10.9 Å². The number of hydrogen-bond acceptors (Lipinski definition) is 5. The Bertz CT molecular complexity index is 1060. The third-order valence-electron chi connectivity index (χ3n) is 5.52. The van der Waals surface area contributed by atoms with E-state index in [9.17, 15) is 4.79 Å². The number of furan rings is 1. The molecule has 1 saturated carbocycles. The van der Waals surface area contributed by atoms with Crippen LogP contribution in [0.25, 0.3) is 22.6 Å². The Labute approximate surface area is 185 Å². The van der Waals surface area contributed by atoms with Crippen LogP contribution in [0.5, 0.6) is 0 Å². The minimum absolute atomic E-state index is 0.0341. The second-order valence-corrected chi connectivity index (χ2v) is 9.10. The number of allylic oxidation sites excluding steroid dienone is 1. The molecule has 0 radical (unpaired) electrons. The Kier molecular flexibility index (Phi) is 6.49. The summed E-state index contributed by atoms with van der Waals surface area (Å²) in [7, 11) is 0. The molecule has 6 nitrogen and oxygen atoms in total. The van der Waals surface area contributed by atoms with Crippen molar-refractivity contribution >= 4 is 40.2 Å². The van der Waals surface area contributed by atoms with Crippen LogP contribution in [0.2, 0.25) is 5.02 Å². The van der Waals surface area contributed by atoms with Crippen LogP contribution in [0.4, 0.5) is 0 Å². The maximum atomic E-state index is 12.5. The predicted molar refractivity (Wildman–Crippen MR) is 121 cm³/mol. The zero-order valence-electron chi connectivity index (χ0n) is 16.9. The van der Waals surface area contributed by atoms with Crippen LogP contribution in [0, 0.1) is 5.92 Å². The number of nitrogens with one attached hydrogen (secondary N) is 1. The molecule has 2 atom stereocenters. The van der Waals surface area contributed by atoms with Gasteiger partial charge in [-0.3, -0.25) is 9.36 Å². The summed E-state index contributed by atoms with van der Waals surface area (Å²) in [5, 5.41) is 14.0. The highest BCUT2D eigenvalue weighted by atomic mass is 35.5. The molecule has 0 spiro atoms. The van der Waals surface area contributed by atoms with Crippen LogP contribution in [-0.2, 0) is 11.3 Å². The Hall–Kier alpha value is -2.25. The number of hydrogen-bond donors (Lipinski definition) is 1. The van der Waals surface area contributed by atoms with Crippen LogP contribution in [0.1, 0.15) is 32.6 Å². The molecule has 2 aromatic heterocycles. The topological polar surface area (TPSA) is 73.0 Å². The molecule has 1 aliphatic rings. The second-order valence-electron chi connectivity index (χ2n) is 7.72. The molecule has 0 bridgehead atoms. The van der Waals surface area contributed by atoms with Crippen molar-refractivity contribution in [3.05, 3.63) is 41.9 Å². The van der Waals surface area contributed by atoms with E-state index in [1.165, 1.54) is 31.0 Å². The molecule has 158 valence electrons. The van der Waals surface area contributed by atoms with Crippen molar-refractivity contribution in [3.63, 3.8) is 0 Å². The number of nitrogens with zero attached hydrogens (tertiary/aromatic N) is 3. The standard InChI is InChI=1S/C22H25ClN4O2S/c1-3-10-27-21(19-12-15-11-16(23)8-9-18(15)29-19)25-26-22(27)30-13-20(28)24-17-7-5-4-6-14(17)2/h3,8-9,11-12,14,17H,1,4-7,10,13H2,2H3,(H,24,28)/t14-,17+/m0/s1. The summed E-state index contributed by atoms with van der Waals surface area (Å²) in [5.74, 6) is 2.07. The van der Waals surface area contributed by atoms with Gasteiger partial charge in [-0.15, -0.1) is 16.8 Å². The molecule has 1 aliphatic carbocycles. The maximum Gasteiger partial charge on any atom is 0.230 e. The molecule has 1 fully saturated rings. The fourth-order valence-electron chi connectivity index (χ4n) is 3.91. The fraction of sp³-hybridized carbons (Fsp3) is 0.409. The molecule has 0 aliphatic heterocycles. The molecular formula is C22H25ClN4O2S. The Morgan fingerprint density at radius 3 is 3.00 bits per heavy atom. The summed E-state index contributed by atoms with van der Waals surface area (Å²) in [6.07, 6.45) is 6.45. The minimum Gasteiger partial charge on any atom is -0.453 e. The number of benzene rings is 1. The average Bonchev–Trinajstić information content (AvgIpc) is 3.32. The lowest BCUT2D eigenvalue weighted by atomic mass is 9.86. The number of thioether (sulfide) groups is 1. The first-order valence-electron chi connectivity index (χ1n) is 10.2. The van der Waals surface area contributed by atoms with Gasteiger partial charge in [0.2, 0.25) is 11.7 Å². The minimum atomic E-state index is 0.0341. The zero-order valence-corrected chi connectivity index (χ0v) is 18.5. The van der Waals surface area contributed by atoms with Crippen LogP contribution in [0.3, 0.4) is 0 Å². The Balaban J connectivity index is 1.49. The highest BCUT2D eigenvalue weighted by Crippen LogP contribution is 2.31. The summed E-state index contributed by atoms with van der Waals surface area (Å²) in [6.45, 7) is 6.56. The van der Waals surface area contributed by atoms with Gasteiger partial charge in [0.05, 0.1) is 5.75 Å². The molecule has 2 heterocycles. The van der Waals surface area contributed by atoms with Crippen LogP contribution in [-0.4, -0.2) is 32.5 Å². The summed E-state index contributed by atoms with van der Waals surface area (Å²) >= 11 is 7.46. The molecule has 30 heavy (non-hydrogen) atoms. The van der Waals surface area contributed by atoms with Gasteiger partial charge >= 0.3 is 0 Å². The van der Waals surface area contributed by atoms with Gasteiger partial charge in [0, 0.05) is 23.0 Å². The summed E-state index contributed by atoms with van der Waals surface area (Å²) in [4.78, 5) is 12.5. The van der Waals surface area contributed by atoms with Crippen LogP contribution >= 0.6 is 23.4 Å². The molecule has 0 saturated heterocycles. The molecule has 0 unspecified atom stereocenters. The largest absolute Gasteiger partial charge is 0.453 e. The van der Waals surface area contributed by atoms with Crippen LogP contribution in [0.15, 0.2) is 46.5 Å². The number of amides is 1. The van der Waals surface area contributed by atoms with Gasteiger partial charge in [0.1, 0.15) is 5.58 Å². The number of carbonyl (C=O) groups excluding carboxylic acids is 1. The molecule has 1 aromatic carbocycles. The predicted octanol–water partition coefficient (Wildman–Crippen LogP) is 5.32. The van der Waals surface area contributed by atoms with Crippen molar-refractivity contribution in [1.82, 2.24) is 20.1 Å². The van der Waals surface area contributed by atoms with E-state index in [0.29, 0.717) is 40.0 Å². The SMILES string of the molecule is C=CCn1c(SCC(=O)N[C@@H]2CCCC[C@@H]2C)nnc1-c1cc2cc(Cl)ccc2o1. The van der Waals surface area contributed by atoms with E-state index >= 15 is 0 Å². The number of carbonyl (C=O) groups is 1. The molecule has 1 N–H and O–H groups in total. The van der Waals surface area contributed by atoms with E-state index in [1.54, 1.807) is 12.1 Å². The lowest BCUT2D eigenvalue weighted by Gasteiger charge is -2.29. The van der Waals surface area contributed by atoms with E-state index in [-0.39, 0.29) is 11.9 Å². The molecule has 4 rings (SSSR count). The van der Waals surface area contributed by atoms with Gasteiger partial charge < -0.3 is 9.73 Å². The van der Waals surface area contributed by atoms with E-state index in [0.717, 1.165) is 17.4 Å². The zero-order chi connectivity index (χ0) is 21.1. The Morgan fingerprint density at radius 1 is 1.37 bits per heavy atom. The average molecular weight is 445 g/mol. The number of halogens is 1. The van der Waals surface area contributed by atoms with Crippen LogP contribution < -0.4 is 5.32 Å². The normalized spacial score (nSPS) is 19.1. The first kappa shape index (κ1) is 21.0. The van der Waals surface area contributed by atoms with E-state index in [2.05, 4.69) is 29.0 Å². The lowest BCUT2D eigenvalue weighted by molar-refractivity contribution is -0.119. The lowest BCUT2D eigenvalue weighted by Crippen LogP contribution is -2.41. The molecule has 1 amide bonds. The van der Waals surface area contributed by atoms with Gasteiger partial charge in [-0.05, 0) is 43.0 Å². The quantitative estimate of drug-likeness (QED) is 0.394. The first-order valence-corrected chi connectivity index (χ1v) is 11.6. The van der Waals surface area contributed by atoms with Crippen molar-refractivity contribution in [2.75, 3.05) is 5.75 Å². The van der Waals surface area contributed by atoms with E-state index < -0.39 is 0 Å². The monoisotopic (exact) mass is 444 g/mol. The fourth-order valence-corrected chi connectivity index (χ4v) is 4.84. The summed E-state index contributed by atoms with van der Waals surface area (Å²) in [5.41, 5.74) is 0.734. The molecular weight excluding hydrogens is 420 g/mol. The number of rotatable bonds is 7. The van der Waals surface area contributed by atoms with Gasteiger partial charge in [-0.1, -0.05) is 49.2 Å². The van der Waals surface area contributed by atoms with Gasteiger partial charge in [-0.2, -0.15) is 0 Å². The molecule has 3 aromatic rings. The third-order valence-corrected chi connectivity index (χ3v) is 6.72.